The Bertz CT molecular complexity index is 282. The van der Waals surface area contributed by atoms with Gasteiger partial charge in [0, 0.05) is 5.54 Å². The van der Waals surface area contributed by atoms with Crippen molar-refractivity contribution in [2.75, 3.05) is 0 Å². The molecule has 0 aliphatic carbocycles. The third kappa shape index (κ3) is 6.26. The zero-order valence-electron chi connectivity index (χ0n) is 11.6. The molecule has 0 saturated carbocycles. The van der Waals surface area contributed by atoms with E-state index >= 15 is 0 Å². The van der Waals surface area contributed by atoms with Gasteiger partial charge >= 0.3 is 0 Å². The minimum atomic E-state index is -0.583. The second-order valence-electron chi connectivity index (χ2n) is 5.74. The minimum absolute atomic E-state index is 0.0490. The highest BCUT2D eigenvalue weighted by atomic mass is 16.2. The predicted octanol–water partition coefficient (Wildman–Crippen LogP) is 0.389. The lowest BCUT2D eigenvalue weighted by Crippen LogP contribution is -2.54. The lowest BCUT2D eigenvalue weighted by molar-refractivity contribution is -0.130. The first kappa shape index (κ1) is 15.9. The lowest BCUT2D eigenvalue weighted by Gasteiger charge is -2.24. The number of nitrogens with two attached hydrogens (primary N) is 1. The molecule has 5 heteroatoms. The van der Waals surface area contributed by atoms with Gasteiger partial charge in [-0.3, -0.25) is 9.59 Å². The Labute approximate surface area is 104 Å². The van der Waals surface area contributed by atoms with Gasteiger partial charge in [0.05, 0.1) is 6.04 Å². The van der Waals surface area contributed by atoms with E-state index < -0.39 is 12.1 Å². The predicted molar refractivity (Wildman–Crippen MR) is 68.3 cm³/mol. The number of hydrogen-bond donors (Lipinski definition) is 3. The van der Waals surface area contributed by atoms with Gasteiger partial charge in [-0.2, -0.15) is 0 Å². The van der Waals surface area contributed by atoms with Gasteiger partial charge in [0.2, 0.25) is 11.8 Å². The van der Waals surface area contributed by atoms with Crippen LogP contribution in [0.1, 0.15) is 41.5 Å². The van der Waals surface area contributed by atoms with Crippen molar-refractivity contribution in [1.29, 1.82) is 0 Å². The summed E-state index contributed by atoms with van der Waals surface area (Å²) in [5, 5.41) is 5.41. The third-order valence-electron chi connectivity index (χ3n) is 2.27. The van der Waals surface area contributed by atoms with Crippen LogP contribution in [0.4, 0.5) is 0 Å². The summed E-state index contributed by atoms with van der Waals surface area (Å²) in [7, 11) is 0. The molecule has 5 nitrogen and oxygen atoms in total. The Kier molecular flexibility index (Phi) is 5.61. The molecule has 0 fully saturated rings. The average Bonchev–Trinajstić information content (AvgIpc) is 2.13. The summed E-state index contributed by atoms with van der Waals surface area (Å²) in [5.41, 5.74) is 5.38. The smallest absolute Gasteiger partial charge is 0.242 e. The maximum absolute atomic E-state index is 11.7. The quantitative estimate of drug-likeness (QED) is 0.668. The molecule has 2 atom stereocenters. The van der Waals surface area contributed by atoms with Gasteiger partial charge in [-0.05, 0) is 33.6 Å². The summed E-state index contributed by atoms with van der Waals surface area (Å²) in [6.45, 7) is 11.0. The molecule has 17 heavy (non-hydrogen) atoms. The molecule has 4 N–H and O–H groups in total. The summed E-state index contributed by atoms with van der Waals surface area (Å²) < 4.78 is 0. The Morgan fingerprint density at radius 3 is 1.88 bits per heavy atom. The number of nitrogens with one attached hydrogen (secondary N) is 2. The summed E-state index contributed by atoms with van der Waals surface area (Å²) in [4.78, 5) is 23.4. The second-order valence-corrected chi connectivity index (χ2v) is 5.74. The molecule has 0 bridgehead atoms. The molecular formula is C12H25N3O2. The molecule has 0 rings (SSSR count). The SMILES string of the molecule is CC(C)[C@H](N)C(=O)N[C@@H](C)C(=O)NC(C)(C)C. The van der Waals surface area contributed by atoms with Crippen LogP contribution in [0.5, 0.6) is 0 Å². The van der Waals surface area contributed by atoms with Crippen molar-refractivity contribution in [3.8, 4) is 0 Å². The molecule has 0 heterocycles. The van der Waals surface area contributed by atoms with Gasteiger partial charge in [-0.15, -0.1) is 0 Å². The van der Waals surface area contributed by atoms with E-state index in [-0.39, 0.29) is 23.3 Å². The molecule has 0 unspecified atom stereocenters. The zero-order chi connectivity index (χ0) is 13.8. The van der Waals surface area contributed by atoms with Crippen LogP contribution < -0.4 is 16.4 Å². The van der Waals surface area contributed by atoms with Gasteiger partial charge in [-0.1, -0.05) is 13.8 Å². The maximum Gasteiger partial charge on any atom is 0.242 e. The first-order valence-electron chi connectivity index (χ1n) is 5.92. The van der Waals surface area contributed by atoms with Crippen molar-refractivity contribution in [2.24, 2.45) is 11.7 Å². The van der Waals surface area contributed by atoms with Crippen LogP contribution in [0.25, 0.3) is 0 Å². The molecule has 0 radical (unpaired) electrons. The van der Waals surface area contributed by atoms with Crippen LogP contribution >= 0.6 is 0 Å². The summed E-state index contributed by atoms with van der Waals surface area (Å²) in [6.07, 6.45) is 0. The largest absolute Gasteiger partial charge is 0.350 e. The topological polar surface area (TPSA) is 84.2 Å². The Morgan fingerprint density at radius 1 is 1.06 bits per heavy atom. The van der Waals surface area contributed by atoms with Gasteiger partial charge in [-0.25, -0.2) is 0 Å². The van der Waals surface area contributed by atoms with E-state index in [1.165, 1.54) is 0 Å². The van der Waals surface area contributed by atoms with Crippen LogP contribution in [0.3, 0.4) is 0 Å². The van der Waals surface area contributed by atoms with E-state index in [1.54, 1.807) is 6.92 Å². The Balaban J connectivity index is 4.31. The maximum atomic E-state index is 11.7. The number of hydrogen-bond acceptors (Lipinski definition) is 3. The summed E-state index contributed by atoms with van der Waals surface area (Å²) in [6, 6.07) is -1.16. The monoisotopic (exact) mass is 243 g/mol. The number of amides is 2. The molecule has 0 aromatic carbocycles. The van der Waals surface area contributed by atoms with Crippen molar-refractivity contribution in [2.45, 2.75) is 59.2 Å². The fourth-order valence-electron chi connectivity index (χ4n) is 1.16. The standard InChI is InChI=1S/C12H25N3O2/c1-7(2)9(13)11(17)14-8(3)10(16)15-12(4,5)6/h7-9H,13H2,1-6H3,(H,14,17)(H,15,16)/t8-,9-/m0/s1. The normalized spacial score (nSPS) is 15.3. The van der Waals surface area contributed by atoms with E-state index in [0.717, 1.165) is 0 Å². The number of rotatable bonds is 4. The highest BCUT2D eigenvalue weighted by Gasteiger charge is 2.24. The van der Waals surface area contributed by atoms with Crippen molar-refractivity contribution in [3.05, 3.63) is 0 Å². The van der Waals surface area contributed by atoms with E-state index in [2.05, 4.69) is 10.6 Å². The van der Waals surface area contributed by atoms with E-state index in [9.17, 15) is 9.59 Å². The van der Waals surface area contributed by atoms with Crippen molar-refractivity contribution >= 4 is 11.8 Å². The van der Waals surface area contributed by atoms with Crippen LogP contribution in [0.2, 0.25) is 0 Å². The summed E-state index contributed by atoms with van der Waals surface area (Å²) >= 11 is 0. The molecule has 2 amide bonds. The molecule has 0 aromatic heterocycles. The van der Waals surface area contributed by atoms with E-state index in [0.29, 0.717) is 0 Å². The van der Waals surface area contributed by atoms with Gasteiger partial charge < -0.3 is 16.4 Å². The van der Waals surface area contributed by atoms with Crippen molar-refractivity contribution in [1.82, 2.24) is 10.6 Å². The molecule has 100 valence electrons. The molecule has 0 aromatic rings. The first-order chi connectivity index (χ1) is 7.54. The van der Waals surface area contributed by atoms with E-state index in [1.807, 2.05) is 34.6 Å². The fraction of sp³-hybridized carbons (Fsp3) is 0.833. The first-order valence-corrected chi connectivity index (χ1v) is 5.92. The molecule has 0 saturated heterocycles. The fourth-order valence-corrected chi connectivity index (χ4v) is 1.16. The lowest BCUT2D eigenvalue weighted by atomic mass is 10.0. The van der Waals surface area contributed by atoms with E-state index in [4.69, 9.17) is 5.73 Å². The molecule has 0 aliphatic rings. The van der Waals surface area contributed by atoms with Crippen LogP contribution in [0.15, 0.2) is 0 Å². The Morgan fingerprint density at radius 2 is 1.53 bits per heavy atom. The molecular weight excluding hydrogens is 218 g/mol. The van der Waals surface area contributed by atoms with Crippen LogP contribution in [0, 0.1) is 5.92 Å². The Hall–Kier alpha value is -1.10. The molecule has 0 spiro atoms. The number of carbonyl (C=O) groups excluding carboxylic acids is 2. The van der Waals surface area contributed by atoms with Gasteiger partial charge in [0.25, 0.3) is 0 Å². The number of carbonyl (C=O) groups is 2. The van der Waals surface area contributed by atoms with Crippen LogP contribution in [-0.4, -0.2) is 29.4 Å². The van der Waals surface area contributed by atoms with Gasteiger partial charge in [0.15, 0.2) is 0 Å². The van der Waals surface area contributed by atoms with Crippen molar-refractivity contribution < 1.29 is 9.59 Å². The third-order valence-corrected chi connectivity index (χ3v) is 2.27. The minimum Gasteiger partial charge on any atom is -0.350 e. The van der Waals surface area contributed by atoms with Crippen LogP contribution in [-0.2, 0) is 9.59 Å². The zero-order valence-corrected chi connectivity index (χ0v) is 11.6. The molecule has 0 aliphatic heterocycles. The van der Waals surface area contributed by atoms with Crippen molar-refractivity contribution in [3.63, 3.8) is 0 Å². The highest BCUT2D eigenvalue weighted by molar-refractivity contribution is 5.89. The van der Waals surface area contributed by atoms with Gasteiger partial charge in [0.1, 0.15) is 6.04 Å². The summed E-state index contributed by atoms with van der Waals surface area (Å²) in [5.74, 6) is -0.453. The second kappa shape index (κ2) is 6.00. The highest BCUT2D eigenvalue weighted by Crippen LogP contribution is 2.01. The average molecular weight is 243 g/mol.